The number of alkyl halides is 6. The molecule has 422 valence electrons. The van der Waals surface area contributed by atoms with E-state index in [9.17, 15) is 26.3 Å². The molecule has 0 unspecified atom stereocenters. The highest BCUT2D eigenvalue weighted by atomic mass is 19.4. The smallest absolute Gasteiger partial charge is 0.311 e. The molecular weight excluding hydrogens is 1090 g/mol. The molecule has 0 amide bonds. The van der Waals surface area contributed by atoms with Crippen LogP contribution in [0.4, 0.5) is 60.5 Å². The second-order valence-corrected chi connectivity index (χ2v) is 22.1. The van der Waals surface area contributed by atoms with Crippen molar-refractivity contribution in [3.63, 3.8) is 0 Å². The van der Waals surface area contributed by atoms with Crippen LogP contribution in [0.3, 0.4) is 0 Å². The summed E-state index contributed by atoms with van der Waals surface area (Å²) in [5.74, 6) is 0. The monoisotopic (exact) mass is 1150 g/mol. The van der Waals surface area contributed by atoms with Crippen molar-refractivity contribution in [3.8, 4) is 50.2 Å². The van der Waals surface area contributed by atoms with E-state index in [0.717, 1.165) is 113 Å². The maximum Gasteiger partial charge on any atom is 0.416 e. The van der Waals surface area contributed by atoms with Gasteiger partial charge in [-0.1, -0.05) is 163 Å². The third-order valence-corrected chi connectivity index (χ3v) is 16.6. The Hall–Kier alpha value is -10.6. The van der Waals surface area contributed by atoms with Gasteiger partial charge < -0.3 is 14.4 Å². The highest BCUT2D eigenvalue weighted by Gasteiger charge is 2.32. The Kier molecular flexibility index (Phi) is 13.6. The van der Waals surface area contributed by atoms with Crippen LogP contribution in [-0.2, 0) is 12.4 Å². The highest BCUT2D eigenvalue weighted by molar-refractivity contribution is 6.21. The first-order chi connectivity index (χ1) is 42.2. The predicted octanol–water partition coefficient (Wildman–Crippen LogP) is 23.4. The summed E-state index contributed by atoms with van der Waals surface area (Å²) in [5, 5.41) is 6.77. The van der Waals surface area contributed by atoms with E-state index in [0.29, 0.717) is 11.4 Å². The lowest BCUT2D eigenvalue weighted by Gasteiger charge is -2.26. The van der Waals surface area contributed by atoms with Gasteiger partial charge in [-0.2, -0.15) is 26.3 Å². The minimum atomic E-state index is -4.46. The summed E-state index contributed by atoms with van der Waals surface area (Å²) in [6.45, 7) is 3.99. The Bertz CT molecular complexity index is 4580. The van der Waals surface area contributed by atoms with Crippen LogP contribution >= 0.6 is 0 Å². The van der Waals surface area contributed by atoms with Crippen molar-refractivity contribution in [2.45, 2.75) is 26.2 Å². The topological polar surface area (TPSA) is 11.4 Å². The van der Waals surface area contributed by atoms with Gasteiger partial charge in [0, 0.05) is 50.6 Å². The zero-order valence-electron chi connectivity index (χ0n) is 47.2. The van der Waals surface area contributed by atoms with E-state index in [2.05, 4.69) is 168 Å². The first-order valence-electron chi connectivity index (χ1n) is 28.7. The molecule has 14 rings (SSSR count). The second-order valence-electron chi connectivity index (χ2n) is 22.1. The lowest BCUT2D eigenvalue weighted by molar-refractivity contribution is -0.138. The van der Waals surface area contributed by atoms with Gasteiger partial charge in [0.1, 0.15) is 0 Å². The molecule has 0 aliphatic carbocycles. The largest absolute Gasteiger partial charge is 0.416 e. The van der Waals surface area contributed by atoms with Gasteiger partial charge in [0.05, 0.1) is 22.2 Å². The normalized spacial score (nSPS) is 11.9. The van der Waals surface area contributed by atoms with E-state index in [-0.39, 0.29) is 0 Å². The van der Waals surface area contributed by atoms with Gasteiger partial charge in [-0.3, -0.25) is 0 Å². The third-order valence-electron chi connectivity index (χ3n) is 16.6. The van der Waals surface area contributed by atoms with E-state index in [1.54, 1.807) is 0 Å². The molecule has 0 fully saturated rings. The summed E-state index contributed by atoms with van der Waals surface area (Å²) < 4.78 is 84.7. The molecule has 0 N–H and O–H groups in total. The fourth-order valence-electron chi connectivity index (χ4n) is 12.3. The van der Waals surface area contributed by atoms with Gasteiger partial charge in [-0.05, 0) is 213 Å². The van der Waals surface area contributed by atoms with E-state index in [1.807, 2.05) is 96.4 Å². The molecule has 13 aromatic carbocycles. The van der Waals surface area contributed by atoms with Crippen molar-refractivity contribution in [1.82, 2.24) is 4.57 Å². The van der Waals surface area contributed by atoms with E-state index >= 15 is 0 Å². The third kappa shape index (κ3) is 10.2. The number of anilines is 6. The molecule has 1 aromatic heterocycles. The van der Waals surface area contributed by atoms with Crippen LogP contribution in [0, 0.1) is 13.8 Å². The molecule has 3 nitrogen and oxygen atoms in total. The Balaban J connectivity index is 0.881. The van der Waals surface area contributed by atoms with Gasteiger partial charge >= 0.3 is 12.4 Å². The lowest BCUT2D eigenvalue weighted by atomic mass is 9.86. The van der Waals surface area contributed by atoms with Crippen molar-refractivity contribution >= 4 is 77.5 Å². The number of aromatic nitrogens is 1. The van der Waals surface area contributed by atoms with Gasteiger partial charge in [0.25, 0.3) is 0 Å². The average Bonchev–Trinajstić information content (AvgIpc) is 1.93. The molecule has 0 radical (unpaired) electrons. The molecule has 0 spiro atoms. The van der Waals surface area contributed by atoms with Gasteiger partial charge in [-0.25, -0.2) is 0 Å². The number of aryl methyl sites for hydroxylation is 2. The number of benzene rings is 13. The fourth-order valence-corrected chi connectivity index (χ4v) is 12.3. The second kappa shape index (κ2) is 21.8. The summed E-state index contributed by atoms with van der Waals surface area (Å²) in [6.07, 6.45) is -8.92. The van der Waals surface area contributed by atoms with Gasteiger partial charge in [0.2, 0.25) is 0 Å². The van der Waals surface area contributed by atoms with E-state index < -0.39 is 23.5 Å². The summed E-state index contributed by atoms with van der Waals surface area (Å²) in [6, 6.07) is 92.4. The Labute approximate surface area is 499 Å². The first-order valence-corrected chi connectivity index (χ1v) is 28.7. The molecule has 0 saturated heterocycles. The molecule has 87 heavy (non-hydrogen) atoms. The molecule has 14 aromatic rings. The minimum absolute atomic E-state index is 0.595. The first kappa shape index (κ1) is 54.3. The molecule has 9 heteroatoms. The Morgan fingerprint density at radius 1 is 0.264 bits per heavy atom. The van der Waals surface area contributed by atoms with Gasteiger partial charge in [0.15, 0.2) is 0 Å². The number of hydrogen-bond acceptors (Lipinski definition) is 2. The molecule has 0 aliphatic rings. The van der Waals surface area contributed by atoms with Crippen molar-refractivity contribution in [2.75, 3.05) is 9.80 Å². The summed E-state index contributed by atoms with van der Waals surface area (Å²) in [5.41, 5.74) is 16.6. The maximum atomic E-state index is 13.7. The van der Waals surface area contributed by atoms with Crippen molar-refractivity contribution in [3.05, 3.63) is 307 Å². The predicted molar refractivity (Wildman–Crippen MR) is 346 cm³/mol. The van der Waals surface area contributed by atoms with Crippen LogP contribution in [0.15, 0.2) is 285 Å². The van der Waals surface area contributed by atoms with Crippen molar-refractivity contribution < 1.29 is 26.3 Å². The SMILES string of the molecule is Cc1ccc(N(c2ccc(-c3ccc4c(c3)c3cc(-c5ccc(N(c6ccc(C)cc6)c6ccc(C(F)(F)F)cc6)cc5)ccc3n4-c3ccc(-c4c5ccccc5c(-c5ccccc5)c5ccccc45)cc3)cc2)c2ccc(C(F)(F)F)cc2)cc1. The average molecular weight is 1150 g/mol. The molecule has 0 atom stereocenters. The summed E-state index contributed by atoms with van der Waals surface area (Å²) in [7, 11) is 0. The number of hydrogen-bond donors (Lipinski definition) is 0. The van der Waals surface area contributed by atoms with Crippen LogP contribution in [0.2, 0.25) is 0 Å². The van der Waals surface area contributed by atoms with Crippen LogP contribution in [-0.4, -0.2) is 4.57 Å². The molecule has 0 saturated carbocycles. The van der Waals surface area contributed by atoms with E-state index in [1.165, 1.54) is 62.5 Å². The van der Waals surface area contributed by atoms with Gasteiger partial charge in [-0.15, -0.1) is 0 Å². The van der Waals surface area contributed by atoms with Crippen LogP contribution in [0.5, 0.6) is 0 Å². The summed E-state index contributed by atoms with van der Waals surface area (Å²) >= 11 is 0. The highest BCUT2D eigenvalue weighted by Crippen LogP contribution is 2.46. The zero-order valence-corrected chi connectivity index (χ0v) is 47.2. The minimum Gasteiger partial charge on any atom is -0.311 e. The van der Waals surface area contributed by atoms with Crippen LogP contribution in [0.25, 0.3) is 93.5 Å². The van der Waals surface area contributed by atoms with Crippen LogP contribution in [0.1, 0.15) is 22.3 Å². The van der Waals surface area contributed by atoms with Crippen LogP contribution < -0.4 is 9.80 Å². The number of fused-ring (bicyclic) bond motifs is 5. The maximum absolute atomic E-state index is 13.7. The standard InChI is InChI=1S/C78H53F6N3/c1-50-16-32-60(33-17-50)85(64-42-28-58(29-43-64)77(79,80)81)62-36-20-52(21-37-62)56-26-46-73-71(48-56)72-49-57(53-22-38-63(39-23-53)86(61-34-18-51(2)19-35-61)65-44-30-59(31-45-65)78(82,83)84)27-47-74(72)87(73)66-40-24-55(25-41-66)76-69-14-8-6-12-67(69)75(54-10-4-3-5-11-54)68-13-7-9-15-70(68)76/h3-49H,1-2H3. The van der Waals surface area contributed by atoms with Crippen molar-refractivity contribution in [1.29, 1.82) is 0 Å². The zero-order chi connectivity index (χ0) is 59.6. The molecular formula is C78H53F6N3. The Morgan fingerprint density at radius 2 is 0.552 bits per heavy atom. The quantitative estimate of drug-likeness (QED) is 0.0945. The number of halogens is 6. The molecule has 1 heterocycles. The number of nitrogens with zero attached hydrogens (tertiary/aromatic N) is 3. The Morgan fingerprint density at radius 3 is 0.897 bits per heavy atom. The van der Waals surface area contributed by atoms with E-state index in [4.69, 9.17) is 0 Å². The molecule has 0 aliphatic heterocycles. The fraction of sp³-hybridized carbons (Fsp3) is 0.0513. The summed E-state index contributed by atoms with van der Waals surface area (Å²) in [4.78, 5) is 3.91. The number of rotatable bonds is 11. The van der Waals surface area contributed by atoms with Crippen molar-refractivity contribution in [2.24, 2.45) is 0 Å². The lowest BCUT2D eigenvalue weighted by Crippen LogP contribution is -2.11. The molecule has 0 bridgehead atoms.